The van der Waals surface area contributed by atoms with Crippen LogP contribution in [0.4, 0.5) is 0 Å². The highest BCUT2D eigenvalue weighted by Crippen LogP contribution is 2.19. The largest absolute Gasteiger partial charge is 0.0654 e. The third kappa shape index (κ3) is 99.2. The predicted molar refractivity (Wildman–Crippen MR) is 240 cm³/mol. The molecule has 0 aromatic rings. The molecule has 0 aromatic carbocycles. The van der Waals surface area contributed by atoms with Gasteiger partial charge < -0.3 is 0 Å². The number of hydrogen-bond donors (Lipinski definition) is 0. The van der Waals surface area contributed by atoms with E-state index < -0.39 is 0 Å². The molecule has 1 unspecified atom stereocenters. The third-order valence-corrected chi connectivity index (χ3v) is 8.95. The van der Waals surface area contributed by atoms with Crippen LogP contribution in [0.2, 0.25) is 0 Å². The van der Waals surface area contributed by atoms with Gasteiger partial charge in [-0.25, -0.2) is 0 Å². The molecule has 0 radical (unpaired) electrons. The first-order chi connectivity index (χ1) is 22.5. The Kier molecular flexibility index (Phi) is 65.4. The van der Waals surface area contributed by atoms with Crippen molar-refractivity contribution in [3.05, 3.63) is 0 Å². The van der Waals surface area contributed by atoms with Gasteiger partial charge in [0.05, 0.1) is 0 Å². The average molecular weight is 701 g/mol. The van der Waals surface area contributed by atoms with E-state index in [2.05, 4.69) is 166 Å². The Balaban J connectivity index is -0.0000000840. The monoisotopic (exact) mass is 701 g/mol. The van der Waals surface area contributed by atoms with E-state index in [9.17, 15) is 0 Å². The quantitative estimate of drug-likeness (QED) is 0.142. The van der Waals surface area contributed by atoms with Crippen molar-refractivity contribution >= 4 is 0 Å². The third-order valence-electron chi connectivity index (χ3n) is 8.95. The van der Waals surface area contributed by atoms with Crippen LogP contribution in [0.3, 0.4) is 0 Å². The first-order valence-electron chi connectivity index (χ1n) is 22.5. The van der Waals surface area contributed by atoms with E-state index in [4.69, 9.17) is 0 Å². The summed E-state index contributed by atoms with van der Waals surface area (Å²) in [5.41, 5.74) is 0.550. The molecular formula is C49H112. The van der Waals surface area contributed by atoms with Gasteiger partial charge in [0.15, 0.2) is 0 Å². The molecule has 0 nitrogen and oxygen atoms in total. The normalized spacial score (nSPS) is 12.4. The molecule has 0 aromatic heterocycles. The maximum atomic E-state index is 2.31. The van der Waals surface area contributed by atoms with Crippen molar-refractivity contribution in [1.29, 1.82) is 0 Å². The highest BCUT2D eigenvalue weighted by molar-refractivity contribution is 4.58. The van der Waals surface area contributed by atoms with Crippen LogP contribution >= 0.6 is 0 Å². The fourth-order valence-corrected chi connectivity index (χ4v) is 4.78. The topological polar surface area (TPSA) is 0 Å². The average Bonchev–Trinajstić information content (AvgIpc) is 2.99. The van der Waals surface area contributed by atoms with E-state index in [0.717, 1.165) is 47.3 Å². The molecule has 0 aliphatic carbocycles. The number of rotatable bonds is 17. The summed E-state index contributed by atoms with van der Waals surface area (Å²) in [6, 6.07) is 0. The molecule has 0 heteroatoms. The van der Waals surface area contributed by atoms with Crippen LogP contribution < -0.4 is 0 Å². The molecule has 0 bridgehead atoms. The van der Waals surface area contributed by atoms with Gasteiger partial charge in [-0.1, -0.05) is 256 Å². The number of unbranched alkanes of at least 4 members (excludes halogenated alkanes) is 2. The lowest BCUT2D eigenvalue weighted by Gasteiger charge is -2.15. The maximum absolute atomic E-state index is 2.31. The van der Waals surface area contributed by atoms with Crippen LogP contribution in [0.1, 0.15) is 269 Å². The molecule has 0 N–H and O–H groups in total. The van der Waals surface area contributed by atoms with E-state index in [1.54, 1.807) is 0 Å². The zero-order chi connectivity index (χ0) is 40.4. The summed E-state index contributed by atoms with van der Waals surface area (Å²) in [4.78, 5) is 0. The Labute approximate surface area is 320 Å². The Morgan fingerprint density at radius 1 is 0.367 bits per heavy atom. The van der Waals surface area contributed by atoms with Crippen molar-refractivity contribution in [2.75, 3.05) is 0 Å². The van der Waals surface area contributed by atoms with Gasteiger partial charge in [-0.2, -0.15) is 0 Å². The van der Waals surface area contributed by atoms with E-state index in [1.807, 2.05) is 0 Å². The van der Waals surface area contributed by atoms with Crippen molar-refractivity contribution in [2.24, 2.45) is 52.8 Å². The summed E-state index contributed by atoms with van der Waals surface area (Å²) in [7, 11) is 0. The zero-order valence-electron chi connectivity index (χ0n) is 40.4. The van der Waals surface area contributed by atoms with Crippen molar-refractivity contribution in [2.45, 2.75) is 269 Å². The van der Waals surface area contributed by atoms with Crippen LogP contribution in [-0.4, -0.2) is 0 Å². The minimum atomic E-state index is 0.550. The smallest absolute Gasteiger partial charge is 0.0383 e. The van der Waals surface area contributed by atoms with Gasteiger partial charge in [0.1, 0.15) is 0 Å². The second kappa shape index (κ2) is 50.1. The summed E-state index contributed by atoms with van der Waals surface area (Å²) in [6.45, 7) is 54.4. The van der Waals surface area contributed by atoms with Gasteiger partial charge >= 0.3 is 0 Å². The molecule has 0 fully saturated rings. The molecule has 3 atom stereocenters. The van der Waals surface area contributed by atoms with E-state index in [-0.39, 0.29) is 0 Å². The minimum absolute atomic E-state index is 0.550. The lowest BCUT2D eigenvalue weighted by molar-refractivity contribution is 0.373. The Hall–Kier alpha value is 0. The van der Waals surface area contributed by atoms with Crippen molar-refractivity contribution < 1.29 is 0 Å². The molecule has 0 amide bonds. The van der Waals surface area contributed by atoms with Crippen molar-refractivity contribution in [3.8, 4) is 0 Å². The molecule has 0 heterocycles. The molecule has 0 aliphatic heterocycles. The Morgan fingerprint density at radius 3 is 0.735 bits per heavy atom. The molecule has 0 saturated heterocycles. The predicted octanol–water partition coefficient (Wildman–Crippen LogP) is 19.5. The van der Waals surface area contributed by atoms with Crippen molar-refractivity contribution in [3.63, 3.8) is 0 Å². The molecule has 308 valence electrons. The van der Waals surface area contributed by atoms with Crippen molar-refractivity contribution in [1.82, 2.24) is 0 Å². The molecule has 0 saturated carbocycles. The summed E-state index contributed by atoms with van der Waals surface area (Å²) >= 11 is 0. The van der Waals surface area contributed by atoms with E-state index in [1.165, 1.54) is 103 Å². The lowest BCUT2D eigenvalue weighted by Crippen LogP contribution is -2.02. The zero-order valence-corrected chi connectivity index (χ0v) is 40.4. The summed E-state index contributed by atoms with van der Waals surface area (Å²) < 4.78 is 0. The van der Waals surface area contributed by atoms with E-state index >= 15 is 0 Å². The highest BCUT2D eigenvalue weighted by Gasteiger charge is 2.06. The highest BCUT2D eigenvalue weighted by atomic mass is 14.1. The van der Waals surface area contributed by atoms with Gasteiger partial charge in [-0.15, -0.1) is 0 Å². The first-order valence-corrected chi connectivity index (χ1v) is 22.5. The molecule has 0 rings (SSSR count). The fourth-order valence-electron chi connectivity index (χ4n) is 4.78. The van der Waals surface area contributed by atoms with Gasteiger partial charge in [0, 0.05) is 0 Å². The van der Waals surface area contributed by atoms with Crippen LogP contribution in [0.5, 0.6) is 0 Å². The maximum Gasteiger partial charge on any atom is -0.0383 e. The van der Waals surface area contributed by atoms with Crippen LogP contribution in [0.15, 0.2) is 0 Å². The molecular weight excluding hydrogens is 589 g/mol. The van der Waals surface area contributed by atoms with Gasteiger partial charge in [-0.3, -0.25) is 0 Å². The summed E-state index contributed by atoms with van der Waals surface area (Å²) in [5.74, 6) is 7.22. The summed E-state index contributed by atoms with van der Waals surface area (Å²) in [5, 5.41) is 0. The van der Waals surface area contributed by atoms with Crippen LogP contribution in [-0.2, 0) is 0 Å². The second-order valence-electron chi connectivity index (χ2n) is 18.6. The van der Waals surface area contributed by atoms with E-state index in [0.29, 0.717) is 5.41 Å². The molecule has 0 spiro atoms. The molecule has 49 heavy (non-hydrogen) atoms. The first kappa shape index (κ1) is 64.0. The SMILES string of the molecule is CC(C)CC(C)C.CCCC(C)(C)C.CCCC(C)CC.CCCCC(C)C.CCCCC(C)C.CCC[C@H](C)CC.CC[C@H](C)C(C)C. The Bertz CT molecular complexity index is 459. The second-order valence-corrected chi connectivity index (χ2v) is 18.6. The van der Waals surface area contributed by atoms with Gasteiger partial charge in [0.25, 0.3) is 0 Å². The summed E-state index contributed by atoms with van der Waals surface area (Å²) in [6.07, 6.45) is 21.8. The van der Waals surface area contributed by atoms with Gasteiger partial charge in [0.2, 0.25) is 0 Å². The Morgan fingerprint density at radius 2 is 0.694 bits per heavy atom. The number of hydrogen-bond acceptors (Lipinski definition) is 0. The fraction of sp³-hybridized carbons (Fsp3) is 1.00. The molecule has 0 aliphatic rings. The van der Waals surface area contributed by atoms with Crippen LogP contribution in [0.25, 0.3) is 0 Å². The lowest BCUT2D eigenvalue weighted by atomic mass is 9.91. The van der Waals surface area contributed by atoms with Crippen LogP contribution in [0, 0.1) is 52.8 Å². The standard InChI is InChI=1S/7C7H16/c1-6(2)5-7(3)4;1-5-6-7(2,3)4;1-5-7(4)6(2)3;2*1-4-5-6-7(2)3;2*1-4-6-7(3)5-2/h6-7H,5H2,1-4H3;5-6H2,1-4H3;6-7H,5H2,1-4H3;4*7H,4-6H2,1-3H3/t;;7-;;;7-;/m..0..1./s1. The minimum Gasteiger partial charge on any atom is -0.0654 e. The van der Waals surface area contributed by atoms with Gasteiger partial charge in [-0.05, 0) is 65.6 Å².